The summed E-state index contributed by atoms with van der Waals surface area (Å²) in [7, 11) is 0. The fourth-order valence-electron chi connectivity index (χ4n) is 15.0. The molecule has 14 aromatic rings. The van der Waals surface area contributed by atoms with Gasteiger partial charge in [-0.25, -0.2) is 0 Å². The molecule has 1 spiro atoms. The smallest absolute Gasteiger partial charge is 0.333 e. The van der Waals surface area contributed by atoms with Crippen LogP contribution in [-0.2, 0) is 5.41 Å². The van der Waals surface area contributed by atoms with Crippen LogP contribution in [0.4, 0.5) is 45.5 Å². The Balaban J connectivity index is 0.965. The summed E-state index contributed by atoms with van der Waals surface area (Å²) in [6.45, 7) is -0.217. The lowest BCUT2D eigenvalue weighted by Crippen LogP contribution is -2.62. The van der Waals surface area contributed by atoms with Crippen LogP contribution >= 0.6 is 11.3 Å². The molecule has 84 heavy (non-hydrogen) atoms. The first-order chi connectivity index (χ1) is 41.7. The molecule has 3 aliphatic heterocycles. The third-order valence-electron chi connectivity index (χ3n) is 18.4. The van der Waals surface area contributed by atoms with E-state index in [-0.39, 0.29) is 6.85 Å². The van der Waals surface area contributed by atoms with Crippen LogP contribution in [0.1, 0.15) is 22.3 Å². The molecule has 4 heterocycles. The minimum atomic E-state index is -0.590. The second-order valence-electron chi connectivity index (χ2n) is 22.6. The fraction of sp³-hybridized carbons (Fsp3) is 0.0127. The van der Waals surface area contributed by atoms with Crippen LogP contribution in [0, 0.1) is 0 Å². The number of nitrogens with zero attached hydrogens (tertiary/aromatic N) is 3. The van der Waals surface area contributed by atoms with Crippen molar-refractivity contribution in [2.75, 3.05) is 14.6 Å². The molecule has 0 radical (unpaired) electrons. The first-order valence-corrected chi connectivity index (χ1v) is 29.9. The molecule has 5 heteroatoms. The van der Waals surface area contributed by atoms with Gasteiger partial charge in [0.2, 0.25) is 0 Å². The largest absolute Gasteiger partial charge is 0.376 e. The van der Waals surface area contributed by atoms with Gasteiger partial charge in [0.25, 0.3) is 0 Å². The predicted molar refractivity (Wildman–Crippen MR) is 355 cm³/mol. The number of thiophene rings is 1. The maximum Gasteiger partial charge on any atom is 0.333 e. The van der Waals surface area contributed by atoms with E-state index in [0.29, 0.717) is 0 Å². The second-order valence-corrected chi connectivity index (χ2v) is 23.7. The maximum atomic E-state index is 2.69. The Hall–Kier alpha value is -10.5. The quantitative estimate of drug-likeness (QED) is 0.147. The lowest BCUT2D eigenvalue weighted by atomic mass is 9.42. The van der Waals surface area contributed by atoms with Crippen molar-refractivity contribution in [3.8, 4) is 55.6 Å². The first-order valence-electron chi connectivity index (χ1n) is 29.1. The Morgan fingerprint density at radius 1 is 0.345 bits per heavy atom. The summed E-state index contributed by atoms with van der Waals surface area (Å²) in [5.41, 5.74) is 28.6. The highest BCUT2D eigenvalue weighted by Crippen LogP contribution is 2.65. The highest BCUT2D eigenvalue weighted by molar-refractivity contribution is 7.26. The van der Waals surface area contributed by atoms with Crippen molar-refractivity contribution in [3.05, 3.63) is 326 Å². The highest BCUT2D eigenvalue weighted by atomic mass is 32.1. The molecule has 13 aromatic carbocycles. The van der Waals surface area contributed by atoms with Crippen molar-refractivity contribution in [3.63, 3.8) is 0 Å². The summed E-state index contributed by atoms with van der Waals surface area (Å²) < 4.78 is 2.56. The Labute approximate surface area is 493 Å². The van der Waals surface area contributed by atoms with E-state index in [1.165, 1.54) is 132 Å². The molecule has 1 aromatic heterocycles. The van der Waals surface area contributed by atoms with Crippen molar-refractivity contribution >= 4 is 94.8 Å². The van der Waals surface area contributed by atoms with Crippen LogP contribution in [0.25, 0.3) is 75.8 Å². The van der Waals surface area contributed by atoms with Crippen molar-refractivity contribution in [2.45, 2.75) is 5.41 Å². The molecule has 0 unspecified atom stereocenters. The van der Waals surface area contributed by atoms with Gasteiger partial charge in [-0.15, -0.1) is 11.3 Å². The zero-order valence-electron chi connectivity index (χ0n) is 45.7. The van der Waals surface area contributed by atoms with Gasteiger partial charge in [0.1, 0.15) is 0 Å². The normalized spacial score (nSPS) is 13.5. The average Bonchev–Trinajstić information content (AvgIpc) is 1.19. The number of hydrogen-bond acceptors (Lipinski definition) is 4. The summed E-state index contributed by atoms with van der Waals surface area (Å²) in [5, 5.41) is 2.57. The van der Waals surface area contributed by atoms with E-state index < -0.39 is 5.41 Å². The molecule has 0 saturated heterocycles. The Kier molecular flexibility index (Phi) is 10.3. The maximum absolute atomic E-state index is 2.69. The van der Waals surface area contributed by atoms with Gasteiger partial charge in [0.05, 0.1) is 11.1 Å². The Morgan fingerprint density at radius 3 is 1.48 bits per heavy atom. The minimum absolute atomic E-state index is 0.217. The standard InChI is InChI=1S/C79H50BN3S/c1-4-19-51(20-5-1)54-35-41-57(42-36-54)81(58-43-37-55(38-44-58)52-21-6-2-7-22-52)60-49-64-75-71(47-48-74-76(75)63-27-12-17-34-73(63)84-74)83(59-45-39-56(40-46-59)53-23-8-3-9-24-53)80-69-32-18-31-68-78(69)82(72(50-60)77(64)80)70-33-16-15-30-67(70)79(68)65-28-13-10-25-61(65)62-26-11-14-29-66(62)79/h1-50H. The predicted octanol–water partition coefficient (Wildman–Crippen LogP) is 19.9. The van der Waals surface area contributed by atoms with Crippen molar-refractivity contribution < 1.29 is 0 Å². The van der Waals surface area contributed by atoms with Crippen molar-refractivity contribution in [2.24, 2.45) is 0 Å². The van der Waals surface area contributed by atoms with Gasteiger partial charge >= 0.3 is 6.85 Å². The zero-order valence-corrected chi connectivity index (χ0v) is 46.5. The SMILES string of the molecule is c1ccc(-c2ccc(N3B4c5cccc6c5N(c5ccccc5C65c6ccccc6-c6ccccc65)c5cc(N(c6ccc(-c7ccccc7)cc6)c6ccc(-c7ccccc7)cc6)cc(c54)-c4c3ccc3sc5ccccc5c43)cc2)cc1. The summed E-state index contributed by atoms with van der Waals surface area (Å²) in [4.78, 5) is 7.87. The highest BCUT2D eigenvalue weighted by Gasteiger charge is 2.56. The van der Waals surface area contributed by atoms with E-state index in [1.54, 1.807) is 0 Å². The summed E-state index contributed by atoms with van der Waals surface area (Å²) in [6.07, 6.45) is 0. The van der Waals surface area contributed by atoms with Crippen molar-refractivity contribution in [1.29, 1.82) is 0 Å². The van der Waals surface area contributed by atoms with E-state index in [1.807, 2.05) is 11.3 Å². The molecule has 0 amide bonds. The number of benzene rings is 13. The van der Waals surface area contributed by atoms with Crippen LogP contribution in [0.5, 0.6) is 0 Å². The molecule has 0 bridgehead atoms. The van der Waals surface area contributed by atoms with Gasteiger partial charge < -0.3 is 14.6 Å². The van der Waals surface area contributed by atoms with Gasteiger partial charge in [-0.1, -0.05) is 231 Å². The van der Waals surface area contributed by atoms with Gasteiger partial charge in [-0.05, 0) is 156 Å². The number of para-hydroxylation sites is 2. The lowest BCUT2D eigenvalue weighted by Gasteiger charge is -2.51. The fourth-order valence-corrected chi connectivity index (χ4v) is 16.1. The molecule has 1 aliphatic carbocycles. The zero-order chi connectivity index (χ0) is 55.0. The summed E-state index contributed by atoms with van der Waals surface area (Å²) in [6, 6.07) is 114. The average molecular weight is 1080 g/mol. The van der Waals surface area contributed by atoms with E-state index in [9.17, 15) is 0 Å². The molecule has 0 N–H and O–H groups in total. The molecule has 0 fully saturated rings. The topological polar surface area (TPSA) is 9.72 Å². The van der Waals surface area contributed by atoms with E-state index in [4.69, 9.17) is 0 Å². The minimum Gasteiger partial charge on any atom is -0.376 e. The molecule has 0 saturated carbocycles. The molecular formula is C79H50BN3S. The molecule has 390 valence electrons. The second kappa shape index (κ2) is 18.3. The number of hydrogen-bond donors (Lipinski definition) is 0. The van der Waals surface area contributed by atoms with Crippen LogP contribution < -0.4 is 25.5 Å². The van der Waals surface area contributed by atoms with Crippen LogP contribution in [-0.4, -0.2) is 6.85 Å². The third kappa shape index (κ3) is 6.70. The van der Waals surface area contributed by atoms with Crippen molar-refractivity contribution in [1.82, 2.24) is 0 Å². The van der Waals surface area contributed by atoms with Crippen LogP contribution in [0.3, 0.4) is 0 Å². The van der Waals surface area contributed by atoms with Crippen LogP contribution in [0.2, 0.25) is 0 Å². The van der Waals surface area contributed by atoms with Gasteiger partial charge in [-0.2, -0.15) is 0 Å². The van der Waals surface area contributed by atoms with E-state index >= 15 is 0 Å². The summed E-state index contributed by atoms with van der Waals surface area (Å²) >= 11 is 1.89. The Bertz CT molecular complexity index is 4830. The number of rotatable bonds is 7. The number of anilines is 8. The van der Waals surface area contributed by atoms with Gasteiger partial charge in [0.15, 0.2) is 0 Å². The summed E-state index contributed by atoms with van der Waals surface area (Å²) in [5.74, 6) is 0. The monoisotopic (exact) mass is 1080 g/mol. The van der Waals surface area contributed by atoms with Crippen LogP contribution in [0.15, 0.2) is 303 Å². The lowest BCUT2D eigenvalue weighted by molar-refractivity contribution is 0.753. The molecule has 3 nitrogen and oxygen atoms in total. The van der Waals surface area contributed by atoms with E-state index in [2.05, 4.69) is 318 Å². The molecule has 4 aliphatic rings. The third-order valence-corrected chi connectivity index (χ3v) is 19.6. The van der Waals surface area contributed by atoms with Gasteiger partial charge in [0, 0.05) is 65.5 Å². The molecule has 0 atom stereocenters. The molecule has 18 rings (SSSR count). The van der Waals surface area contributed by atoms with E-state index in [0.717, 1.165) is 22.7 Å². The Morgan fingerprint density at radius 2 is 0.857 bits per heavy atom. The first kappa shape index (κ1) is 47.2. The molecular weight excluding hydrogens is 1030 g/mol. The number of fused-ring (bicyclic) bond motifs is 17. The van der Waals surface area contributed by atoms with Gasteiger partial charge in [-0.3, -0.25) is 0 Å².